The highest BCUT2D eigenvalue weighted by Crippen LogP contribution is 2.22. The molecule has 2 aromatic rings. The summed E-state index contributed by atoms with van der Waals surface area (Å²) in [6.45, 7) is 5.30. The maximum absolute atomic E-state index is 9.10. The smallest absolute Gasteiger partial charge is 0.129 e. The Morgan fingerprint density at radius 3 is 2.59 bits per heavy atom. The molecule has 1 aliphatic heterocycles. The molecule has 27 heavy (non-hydrogen) atoms. The Labute approximate surface area is 162 Å². The van der Waals surface area contributed by atoms with E-state index in [9.17, 15) is 0 Å². The van der Waals surface area contributed by atoms with Crippen LogP contribution in [0, 0.1) is 5.92 Å². The molecule has 0 atom stereocenters. The fraction of sp³-hybridized carbons (Fsp3) is 0.545. The quantitative estimate of drug-likeness (QED) is 0.733. The number of nitrogens with zero attached hydrogens (tertiary/aromatic N) is 2. The highest BCUT2D eigenvalue weighted by molar-refractivity contribution is 5.33. The molecule has 0 bridgehead atoms. The van der Waals surface area contributed by atoms with Crippen LogP contribution >= 0.6 is 0 Å². The van der Waals surface area contributed by atoms with Gasteiger partial charge < -0.3 is 19.2 Å². The van der Waals surface area contributed by atoms with Crippen LogP contribution in [0.5, 0.6) is 5.75 Å². The van der Waals surface area contributed by atoms with E-state index in [1.807, 2.05) is 24.3 Å². The Hall–Kier alpha value is -1.82. The molecule has 5 heteroatoms. The van der Waals surface area contributed by atoms with E-state index in [1.54, 1.807) is 7.11 Å². The zero-order valence-corrected chi connectivity index (χ0v) is 16.6. The number of aliphatic hydroxyl groups is 1. The maximum atomic E-state index is 9.10. The van der Waals surface area contributed by atoms with E-state index in [2.05, 4.69) is 29.0 Å². The largest absolute Gasteiger partial charge is 0.496 e. The Balaban J connectivity index is 1.38. The first-order valence-corrected chi connectivity index (χ1v) is 9.89. The molecule has 1 aromatic carbocycles. The molecule has 0 amide bonds. The lowest BCUT2D eigenvalue weighted by Crippen LogP contribution is -2.38. The van der Waals surface area contributed by atoms with Gasteiger partial charge in [-0.05, 0) is 69.1 Å². The number of benzene rings is 1. The van der Waals surface area contributed by atoms with E-state index in [1.165, 1.54) is 31.5 Å². The lowest BCUT2D eigenvalue weighted by molar-refractivity contribution is 0.148. The van der Waals surface area contributed by atoms with Gasteiger partial charge in [-0.15, -0.1) is 0 Å². The van der Waals surface area contributed by atoms with Crippen molar-refractivity contribution in [3.63, 3.8) is 0 Å². The van der Waals surface area contributed by atoms with Crippen LogP contribution < -0.4 is 4.74 Å². The van der Waals surface area contributed by atoms with Crippen LogP contribution in [0.4, 0.5) is 0 Å². The fourth-order valence-corrected chi connectivity index (χ4v) is 3.94. The second-order valence-electron chi connectivity index (χ2n) is 7.57. The average molecular weight is 373 g/mol. The number of hydrogen-bond donors (Lipinski definition) is 1. The predicted molar refractivity (Wildman–Crippen MR) is 107 cm³/mol. The van der Waals surface area contributed by atoms with E-state index in [4.69, 9.17) is 14.3 Å². The number of aliphatic hydroxyl groups excluding tert-OH is 1. The molecular formula is C22H32N2O3. The molecule has 1 aliphatic rings. The Kier molecular flexibility index (Phi) is 7.33. The zero-order chi connectivity index (χ0) is 19.1. The van der Waals surface area contributed by atoms with Gasteiger partial charge in [-0.2, -0.15) is 0 Å². The van der Waals surface area contributed by atoms with Crippen LogP contribution in [0.1, 0.15) is 29.9 Å². The summed E-state index contributed by atoms with van der Waals surface area (Å²) in [5.74, 6) is 3.30. The topological polar surface area (TPSA) is 49.1 Å². The Morgan fingerprint density at radius 1 is 1.15 bits per heavy atom. The van der Waals surface area contributed by atoms with Crippen LogP contribution in [0.3, 0.4) is 0 Å². The standard InChI is InChI=1S/C22H32N2O3/c1-23(16-20-7-8-21(17-25)27-20)15-18-9-12-24(13-10-18)14-11-19-5-3-4-6-22(19)26-2/h3-8,18,25H,9-17H2,1-2H3. The monoisotopic (exact) mass is 372 g/mol. The van der Waals surface area contributed by atoms with E-state index in [0.29, 0.717) is 5.76 Å². The minimum absolute atomic E-state index is 0.0307. The van der Waals surface area contributed by atoms with Gasteiger partial charge in [0.05, 0.1) is 13.7 Å². The van der Waals surface area contributed by atoms with Gasteiger partial charge in [-0.3, -0.25) is 4.90 Å². The van der Waals surface area contributed by atoms with Gasteiger partial charge in [0.1, 0.15) is 23.9 Å². The minimum Gasteiger partial charge on any atom is -0.496 e. The van der Waals surface area contributed by atoms with Gasteiger partial charge in [0.2, 0.25) is 0 Å². The first kappa shape index (κ1) is 19.9. The molecular weight excluding hydrogens is 340 g/mol. The third-order valence-electron chi connectivity index (χ3n) is 5.47. The van der Waals surface area contributed by atoms with Crippen molar-refractivity contribution in [2.45, 2.75) is 32.4 Å². The Morgan fingerprint density at radius 2 is 1.89 bits per heavy atom. The van der Waals surface area contributed by atoms with Gasteiger partial charge in [0, 0.05) is 13.1 Å². The van der Waals surface area contributed by atoms with Crippen molar-refractivity contribution in [3.8, 4) is 5.75 Å². The highest BCUT2D eigenvalue weighted by atomic mass is 16.5. The van der Waals surface area contributed by atoms with Crippen LogP contribution in [-0.4, -0.2) is 55.2 Å². The second kappa shape index (κ2) is 9.93. The normalized spacial score (nSPS) is 16.1. The van der Waals surface area contributed by atoms with Gasteiger partial charge in [-0.25, -0.2) is 0 Å². The third-order valence-corrected chi connectivity index (χ3v) is 5.47. The fourth-order valence-electron chi connectivity index (χ4n) is 3.94. The number of furan rings is 1. The molecule has 0 unspecified atom stereocenters. The van der Waals surface area contributed by atoms with Crippen LogP contribution in [0.25, 0.3) is 0 Å². The van der Waals surface area contributed by atoms with E-state index < -0.39 is 0 Å². The summed E-state index contributed by atoms with van der Waals surface area (Å²) in [5, 5.41) is 9.10. The van der Waals surface area contributed by atoms with E-state index in [0.717, 1.165) is 43.5 Å². The zero-order valence-electron chi connectivity index (χ0n) is 16.6. The maximum Gasteiger partial charge on any atom is 0.129 e. The molecule has 5 nitrogen and oxygen atoms in total. The average Bonchev–Trinajstić information content (AvgIpc) is 3.15. The van der Waals surface area contributed by atoms with Crippen molar-refractivity contribution in [1.29, 1.82) is 0 Å². The summed E-state index contributed by atoms with van der Waals surface area (Å²) < 4.78 is 11.1. The number of ether oxygens (including phenoxy) is 1. The van der Waals surface area contributed by atoms with Crippen molar-refractivity contribution >= 4 is 0 Å². The molecule has 1 saturated heterocycles. The Bertz CT molecular complexity index is 692. The van der Waals surface area contributed by atoms with Crippen molar-refractivity contribution < 1.29 is 14.3 Å². The van der Waals surface area contributed by atoms with E-state index in [-0.39, 0.29) is 6.61 Å². The van der Waals surface area contributed by atoms with Crippen LogP contribution in [0.2, 0.25) is 0 Å². The first-order valence-electron chi connectivity index (χ1n) is 9.89. The summed E-state index contributed by atoms with van der Waals surface area (Å²) >= 11 is 0. The molecule has 3 rings (SSSR count). The number of piperidine rings is 1. The molecule has 0 radical (unpaired) electrons. The van der Waals surface area contributed by atoms with Gasteiger partial charge in [0.15, 0.2) is 0 Å². The highest BCUT2D eigenvalue weighted by Gasteiger charge is 2.21. The summed E-state index contributed by atoms with van der Waals surface area (Å²) in [4.78, 5) is 4.90. The molecule has 1 aromatic heterocycles. The minimum atomic E-state index is -0.0307. The van der Waals surface area contributed by atoms with Crippen molar-refractivity contribution in [3.05, 3.63) is 53.5 Å². The van der Waals surface area contributed by atoms with Crippen molar-refractivity contribution in [1.82, 2.24) is 9.80 Å². The number of para-hydroxylation sites is 1. The van der Waals surface area contributed by atoms with Crippen molar-refractivity contribution in [2.75, 3.05) is 40.3 Å². The predicted octanol–water partition coefficient (Wildman–Crippen LogP) is 3.17. The number of hydrogen-bond acceptors (Lipinski definition) is 5. The molecule has 0 saturated carbocycles. The summed E-state index contributed by atoms with van der Waals surface area (Å²) in [5.41, 5.74) is 1.29. The van der Waals surface area contributed by atoms with Crippen molar-refractivity contribution in [2.24, 2.45) is 5.92 Å². The molecule has 0 aliphatic carbocycles. The summed E-state index contributed by atoms with van der Waals surface area (Å²) in [7, 11) is 3.89. The number of rotatable bonds is 9. The molecule has 1 N–H and O–H groups in total. The molecule has 1 fully saturated rings. The van der Waals surface area contributed by atoms with Gasteiger partial charge >= 0.3 is 0 Å². The lowest BCUT2D eigenvalue weighted by Gasteiger charge is -2.33. The third kappa shape index (κ3) is 5.83. The molecule has 0 spiro atoms. The van der Waals surface area contributed by atoms with E-state index >= 15 is 0 Å². The number of likely N-dealkylation sites (tertiary alicyclic amines) is 1. The SMILES string of the molecule is COc1ccccc1CCN1CCC(CN(C)Cc2ccc(CO)o2)CC1. The summed E-state index contributed by atoms with van der Waals surface area (Å²) in [6.07, 6.45) is 3.53. The molecule has 148 valence electrons. The summed E-state index contributed by atoms with van der Waals surface area (Å²) in [6, 6.07) is 12.1. The van der Waals surface area contributed by atoms with Gasteiger partial charge in [-0.1, -0.05) is 18.2 Å². The van der Waals surface area contributed by atoms with Gasteiger partial charge in [0.25, 0.3) is 0 Å². The second-order valence-corrected chi connectivity index (χ2v) is 7.57. The molecule has 2 heterocycles. The van der Waals surface area contributed by atoms with Crippen LogP contribution in [0.15, 0.2) is 40.8 Å². The number of methoxy groups -OCH3 is 1. The van der Waals surface area contributed by atoms with Crippen LogP contribution in [-0.2, 0) is 19.6 Å². The lowest BCUT2D eigenvalue weighted by atomic mass is 9.96. The first-order chi connectivity index (χ1) is 13.2.